The number of nitrogens with one attached hydrogen (secondary N) is 1. The van der Waals surface area contributed by atoms with Gasteiger partial charge in [0.1, 0.15) is 17.6 Å². The summed E-state index contributed by atoms with van der Waals surface area (Å²) in [7, 11) is 0. The molecule has 2 saturated heterocycles. The van der Waals surface area contributed by atoms with Crippen molar-refractivity contribution in [3.8, 4) is 22.7 Å². The normalized spacial score (nSPS) is 25.8. The SMILES string of the molecule is C=C(c1ncc(-c2ccc(-n3ccnn3)cc2O)nn1)[C@H]1CC2CCC(N2)[C@@H]1F. The minimum Gasteiger partial charge on any atom is -0.507 e. The Hall–Kier alpha value is -3.20. The summed E-state index contributed by atoms with van der Waals surface area (Å²) in [5.41, 5.74) is 2.17. The maximum absolute atomic E-state index is 14.8. The fourth-order valence-corrected chi connectivity index (χ4v) is 4.28. The lowest BCUT2D eigenvalue weighted by Gasteiger charge is -2.33. The number of hydrogen-bond acceptors (Lipinski definition) is 7. The topological polar surface area (TPSA) is 102 Å². The van der Waals surface area contributed by atoms with Crippen molar-refractivity contribution in [1.29, 1.82) is 0 Å². The Morgan fingerprint density at radius 3 is 2.90 bits per heavy atom. The molecule has 5 rings (SSSR count). The van der Waals surface area contributed by atoms with E-state index < -0.39 is 6.17 Å². The van der Waals surface area contributed by atoms with Gasteiger partial charge in [-0.2, -0.15) is 0 Å². The molecule has 0 amide bonds. The van der Waals surface area contributed by atoms with Gasteiger partial charge in [0.2, 0.25) is 0 Å². The molecule has 4 heterocycles. The van der Waals surface area contributed by atoms with Gasteiger partial charge in [0, 0.05) is 29.6 Å². The Balaban J connectivity index is 1.37. The van der Waals surface area contributed by atoms with Crippen molar-refractivity contribution in [1.82, 2.24) is 35.5 Å². The Bertz CT molecular complexity index is 1040. The lowest BCUT2D eigenvalue weighted by molar-refractivity contribution is 0.167. The van der Waals surface area contributed by atoms with E-state index in [1.165, 1.54) is 6.20 Å². The summed E-state index contributed by atoms with van der Waals surface area (Å²) in [4.78, 5) is 4.35. The Morgan fingerprint density at radius 1 is 1.28 bits per heavy atom. The highest BCUT2D eigenvalue weighted by Crippen LogP contribution is 2.39. The van der Waals surface area contributed by atoms with Crippen LogP contribution in [0.4, 0.5) is 4.39 Å². The molecule has 2 N–H and O–H groups in total. The van der Waals surface area contributed by atoms with Crippen molar-refractivity contribution in [2.45, 2.75) is 37.5 Å². The van der Waals surface area contributed by atoms with Gasteiger partial charge in [-0.3, -0.25) is 0 Å². The van der Waals surface area contributed by atoms with E-state index in [9.17, 15) is 9.50 Å². The molecular formula is C20H20FN7O. The van der Waals surface area contributed by atoms with Crippen LogP contribution in [0, 0.1) is 5.92 Å². The molecule has 2 unspecified atom stereocenters. The molecule has 0 spiro atoms. The summed E-state index contributed by atoms with van der Waals surface area (Å²) >= 11 is 0. The average molecular weight is 393 g/mol. The van der Waals surface area contributed by atoms with Crippen molar-refractivity contribution in [3.63, 3.8) is 0 Å². The molecule has 2 fully saturated rings. The number of piperidine rings is 1. The largest absolute Gasteiger partial charge is 0.507 e. The summed E-state index contributed by atoms with van der Waals surface area (Å²) < 4.78 is 16.3. The second-order valence-corrected chi connectivity index (χ2v) is 7.58. The van der Waals surface area contributed by atoms with E-state index in [1.54, 1.807) is 35.3 Å². The highest BCUT2D eigenvalue weighted by molar-refractivity contribution is 5.68. The second kappa shape index (κ2) is 7.00. The van der Waals surface area contributed by atoms with Gasteiger partial charge in [0.15, 0.2) is 5.82 Å². The Morgan fingerprint density at radius 2 is 2.17 bits per heavy atom. The van der Waals surface area contributed by atoms with Gasteiger partial charge in [-0.1, -0.05) is 11.8 Å². The number of phenols is 1. The van der Waals surface area contributed by atoms with Crippen LogP contribution in [0.25, 0.3) is 22.5 Å². The highest BCUT2D eigenvalue weighted by atomic mass is 19.1. The molecule has 2 aliphatic rings. The Labute approximate surface area is 166 Å². The molecule has 0 aliphatic carbocycles. The van der Waals surface area contributed by atoms with E-state index >= 15 is 0 Å². The molecule has 2 bridgehead atoms. The zero-order chi connectivity index (χ0) is 20.0. The van der Waals surface area contributed by atoms with E-state index in [-0.39, 0.29) is 17.7 Å². The third-order valence-corrected chi connectivity index (χ3v) is 5.82. The smallest absolute Gasteiger partial charge is 0.177 e. The van der Waals surface area contributed by atoms with Crippen LogP contribution in [-0.2, 0) is 0 Å². The lowest BCUT2D eigenvalue weighted by atomic mass is 9.84. The Kier molecular flexibility index (Phi) is 4.31. The number of aromatic hydroxyl groups is 1. The predicted octanol–water partition coefficient (Wildman–Crippen LogP) is 2.32. The summed E-state index contributed by atoms with van der Waals surface area (Å²) in [5, 5.41) is 29.7. The molecule has 148 valence electrons. The number of phenolic OH excluding ortho intramolecular Hbond substituents is 1. The van der Waals surface area contributed by atoms with Crippen LogP contribution in [0.1, 0.15) is 25.1 Å². The minimum absolute atomic E-state index is 0.0272. The summed E-state index contributed by atoms with van der Waals surface area (Å²) in [6.07, 6.45) is 6.34. The first-order valence-electron chi connectivity index (χ1n) is 9.59. The monoisotopic (exact) mass is 393 g/mol. The van der Waals surface area contributed by atoms with Crippen molar-refractivity contribution in [2.24, 2.45) is 5.92 Å². The average Bonchev–Trinajstić information content (AvgIpc) is 3.41. The van der Waals surface area contributed by atoms with Crippen molar-refractivity contribution in [3.05, 3.63) is 49.2 Å². The number of alkyl halides is 1. The molecule has 0 radical (unpaired) electrons. The predicted molar refractivity (Wildman–Crippen MR) is 104 cm³/mol. The van der Waals surface area contributed by atoms with Gasteiger partial charge in [0.25, 0.3) is 0 Å². The number of allylic oxidation sites excluding steroid dienone is 1. The first-order chi connectivity index (χ1) is 14.1. The van der Waals surface area contributed by atoms with Gasteiger partial charge in [-0.05, 0) is 37.0 Å². The molecular weight excluding hydrogens is 373 g/mol. The summed E-state index contributed by atoms with van der Waals surface area (Å²) in [5.74, 6) is 0.0811. The number of fused-ring (bicyclic) bond motifs is 2. The number of aromatic nitrogens is 6. The zero-order valence-electron chi connectivity index (χ0n) is 15.6. The van der Waals surface area contributed by atoms with Crippen molar-refractivity contribution >= 4 is 5.57 Å². The summed E-state index contributed by atoms with van der Waals surface area (Å²) in [6, 6.07) is 5.30. The van der Waals surface area contributed by atoms with Crippen LogP contribution in [0.3, 0.4) is 0 Å². The zero-order valence-corrected chi connectivity index (χ0v) is 15.6. The van der Waals surface area contributed by atoms with Gasteiger partial charge in [0.05, 0.1) is 24.3 Å². The first kappa shape index (κ1) is 17.9. The van der Waals surface area contributed by atoms with Crippen molar-refractivity contribution < 1.29 is 9.50 Å². The standard InChI is InChI=1S/C20H20FN7O/c1-11(15-8-12-2-5-16(24-12)19(15)21)20-22-10-17(25-26-20)14-4-3-13(9-18(14)29)28-7-6-23-27-28/h3-4,6-7,9-10,12,15-16,19,24,29H,1-2,5,8H2/t12?,15-,16?,19-/m1/s1. The van der Waals surface area contributed by atoms with Gasteiger partial charge in [-0.25, -0.2) is 14.1 Å². The number of nitrogens with zero attached hydrogens (tertiary/aromatic N) is 6. The molecule has 0 saturated carbocycles. The molecule has 29 heavy (non-hydrogen) atoms. The van der Waals surface area contributed by atoms with Crippen LogP contribution < -0.4 is 5.32 Å². The number of halogens is 1. The fraction of sp³-hybridized carbons (Fsp3) is 0.350. The lowest BCUT2D eigenvalue weighted by Crippen LogP contribution is -2.47. The van der Waals surface area contributed by atoms with E-state index in [2.05, 4.69) is 37.4 Å². The quantitative estimate of drug-likeness (QED) is 0.701. The molecule has 4 atom stereocenters. The molecule has 1 aromatic carbocycles. The van der Waals surface area contributed by atoms with Gasteiger partial charge < -0.3 is 10.4 Å². The third kappa shape index (κ3) is 3.17. The van der Waals surface area contributed by atoms with Crippen molar-refractivity contribution in [2.75, 3.05) is 0 Å². The number of rotatable bonds is 4. The molecule has 3 aromatic rings. The number of hydrogen-bond donors (Lipinski definition) is 2. The maximum atomic E-state index is 14.8. The van der Waals surface area contributed by atoms with E-state index in [1.807, 2.05) is 0 Å². The highest BCUT2D eigenvalue weighted by Gasteiger charge is 2.43. The summed E-state index contributed by atoms with van der Waals surface area (Å²) in [6.45, 7) is 4.06. The van der Waals surface area contributed by atoms with Crippen LogP contribution >= 0.6 is 0 Å². The van der Waals surface area contributed by atoms with Crippen LogP contribution in [-0.4, -0.2) is 53.5 Å². The second-order valence-electron chi connectivity index (χ2n) is 7.58. The molecule has 2 aromatic heterocycles. The van der Waals surface area contributed by atoms with Gasteiger partial charge >= 0.3 is 0 Å². The van der Waals surface area contributed by atoms with Crippen LogP contribution in [0.15, 0.2) is 43.4 Å². The van der Waals surface area contributed by atoms with Crippen LogP contribution in [0.5, 0.6) is 5.75 Å². The third-order valence-electron chi connectivity index (χ3n) is 5.82. The van der Waals surface area contributed by atoms with E-state index in [4.69, 9.17) is 0 Å². The molecule has 9 heteroatoms. The van der Waals surface area contributed by atoms with Gasteiger partial charge in [-0.15, -0.1) is 15.3 Å². The molecule has 8 nitrogen and oxygen atoms in total. The van der Waals surface area contributed by atoms with E-state index in [0.29, 0.717) is 40.8 Å². The first-order valence-corrected chi connectivity index (χ1v) is 9.59. The maximum Gasteiger partial charge on any atom is 0.177 e. The fourth-order valence-electron chi connectivity index (χ4n) is 4.28. The van der Waals surface area contributed by atoms with Crippen LogP contribution in [0.2, 0.25) is 0 Å². The molecule has 2 aliphatic heterocycles. The van der Waals surface area contributed by atoms with E-state index in [0.717, 1.165) is 12.8 Å². The number of benzene rings is 1. The minimum atomic E-state index is -0.988.